The Morgan fingerprint density at radius 1 is 1.03 bits per heavy atom. The normalized spacial score (nSPS) is 13.1. The van der Waals surface area contributed by atoms with Gasteiger partial charge in [-0.2, -0.15) is 0 Å². The lowest BCUT2D eigenvalue weighted by molar-refractivity contribution is -0.127. The smallest absolute Gasteiger partial charge is 0.249 e. The summed E-state index contributed by atoms with van der Waals surface area (Å²) in [5.41, 5.74) is 3.71. The van der Waals surface area contributed by atoms with Crippen molar-refractivity contribution in [3.05, 3.63) is 77.9 Å². The molecule has 3 aromatic carbocycles. The maximum absolute atomic E-state index is 14.1. The Morgan fingerprint density at radius 2 is 1.79 bits per heavy atom. The van der Waals surface area contributed by atoms with Crippen LogP contribution in [0.5, 0.6) is 11.5 Å². The third-order valence-electron chi connectivity index (χ3n) is 6.53. The molecule has 0 radical (unpaired) electrons. The molecule has 4 aromatic rings. The van der Waals surface area contributed by atoms with Gasteiger partial charge in [0.2, 0.25) is 18.6 Å². The SMILES string of the molecule is Cc1ccc(C(C(=O)NCCC(C)C)N(C(=O)Cn2nnc3ccccc32)c2ccc3c(c2)OCO3)cc1. The summed E-state index contributed by atoms with van der Waals surface area (Å²) in [5, 5.41) is 11.4. The Balaban J connectivity index is 1.57. The van der Waals surface area contributed by atoms with Crippen LogP contribution in [0.1, 0.15) is 37.4 Å². The molecule has 9 nitrogen and oxygen atoms in total. The van der Waals surface area contributed by atoms with E-state index in [-0.39, 0.29) is 25.2 Å². The number of nitrogens with one attached hydrogen (secondary N) is 1. The Kier molecular flexibility index (Phi) is 7.26. The Labute approximate surface area is 221 Å². The fourth-order valence-corrected chi connectivity index (χ4v) is 4.46. The third kappa shape index (κ3) is 5.32. The number of rotatable bonds is 9. The highest BCUT2D eigenvalue weighted by molar-refractivity contribution is 6.01. The van der Waals surface area contributed by atoms with E-state index < -0.39 is 6.04 Å². The number of para-hydroxylation sites is 1. The van der Waals surface area contributed by atoms with Gasteiger partial charge in [-0.3, -0.25) is 14.5 Å². The summed E-state index contributed by atoms with van der Waals surface area (Å²) in [7, 11) is 0. The van der Waals surface area contributed by atoms with Gasteiger partial charge in [0.15, 0.2) is 11.5 Å². The second-order valence-electron chi connectivity index (χ2n) is 9.82. The van der Waals surface area contributed by atoms with Crippen molar-refractivity contribution in [2.75, 3.05) is 18.2 Å². The van der Waals surface area contributed by atoms with Gasteiger partial charge in [-0.05, 0) is 49.1 Å². The fraction of sp³-hybridized carbons (Fsp3) is 0.310. The Bertz CT molecular complexity index is 1450. The number of benzene rings is 3. The number of hydrogen-bond donors (Lipinski definition) is 1. The predicted octanol–water partition coefficient (Wildman–Crippen LogP) is 4.41. The minimum Gasteiger partial charge on any atom is -0.454 e. The standard InChI is InChI=1S/C29H31N5O4/c1-19(2)14-15-30-29(36)28(21-10-8-20(3)9-11-21)34(22-12-13-25-26(16-22)38-18-37-25)27(35)17-33-24-7-5-4-6-23(24)31-32-33/h4-13,16,19,28H,14-15,17-18H2,1-3H3,(H,30,36). The number of carbonyl (C=O) groups excluding carboxylic acids is 2. The number of amides is 2. The molecule has 38 heavy (non-hydrogen) atoms. The van der Waals surface area contributed by atoms with E-state index in [0.29, 0.717) is 40.7 Å². The molecule has 1 unspecified atom stereocenters. The van der Waals surface area contributed by atoms with Crippen LogP contribution >= 0.6 is 0 Å². The monoisotopic (exact) mass is 513 g/mol. The van der Waals surface area contributed by atoms with E-state index in [4.69, 9.17) is 9.47 Å². The topological polar surface area (TPSA) is 98.6 Å². The first-order valence-corrected chi connectivity index (χ1v) is 12.7. The Morgan fingerprint density at radius 3 is 2.58 bits per heavy atom. The lowest BCUT2D eigenvalue weighted by Gasteiger charge is -2.32. The second kappa shape index (κ2) is 10.9. The summed E-state index contributed by atoms with van der Waals surface area (Å²) >= 11 is 0. The predicted molar refractivity (Wildman–Crippen MR) is 144 cm³/mol. The molecule has 1 atom stereocenters. The van der Waals surface area contributed by atoms with Crippen molar-refractivity contribution < 1.29 is 19.1 Å². The van der Waals surface area contributed by atoms with Crippen molar-refractivity contribution in [1.29, 1.82) is 0 Å². The van der Waals surface area contributed by atoms with Crippen LogP contribution in [0, 0.1) is 12.8 Å². The first kappa shape index (κ1) is 25.3. The molecule has 0 fully saturated rings. The molecule has 9 heteroatoms. The van der Waals surface area contributed by atoms with Crippen LogP contribution in [-0.4, -0.2) is 40.1 Å². The quantitative estimate of drug-likeness (QED) is 0.356. The van der Waals surface area contributed by atoms with Gasteiger partial charge >= 0.3 is 0 Å². The molecule has 1 aliphatic rings. The highest BCUT2D eigenvalue weighted by Gasteiger charge is 2.34. The van der Waals surface area contributed by atoms with Crippen molar-refractivity contribution in [1.82, 2.24) is 20.3 Å². The van der Waals surface area contributed by atoms with Crippen LogP contribution in [0.2, 0.25) is 0 Å². The Hall–Kier alpha value is -4.40. The van der Waals surface area contributed by atoms with E-state index >= 15 is 0 Å². The van der Waals surface area contributed by atoms with E-state index in [1.807, 2.05) is 55.5 Å². The van der Waals surface area contributed by atoms with Crippen LogP contribution in [0.3, 0.4) is 0 Å². The van der Waals surface area contributed by atoms with E-state index in [1.165, 1.54) is 4.90 Å². The second-order valence-corrected chi connectivity index (χ2v) is 9.82. The van der Waals surface area contributed by atoms with E-state index in [2.05, 4.69) is 29.5 Å². The lowest BCUT2D eigenvalue weighted by atomic mass is 10.0. The zero-order valence-electron chi connectivity index (χ0n) is 21.8. The van der Waals surface area contributed by atoms with Crippen molar-refractivity contribution in [3.8, 4) is 11.5 Å². The number of fused-ring (bicyclic) bond motifs is 2. The highest BCUT2D eigenvalue weighted by Crippen LogP contribution is 2.38. The number of nitrogens with zero attached hydrogens (tertiary/aromatic N) is 4. The largest absolute Gasteiger partial charge is 0.454 e. The van der Waals surface area contributed by atoms with Crippen LogP contribution in [-0.2, 0) is 16.1 Å². The average Bonchev–Trinajstić information content (AvgIpc) is 3.54. The molecule has 0 aliphatic carbocycles. The molecule has 5 rings (SSSR count). The molecule has 1 aliphatic heterocycles. The third-order valence-corrected chi connectivity index (χ3v) is 6.53. The minimum atomic E-state index is -0.912. The van der Waals surface area contributed by atoms with Crippen LogP contribution in [0.25, 0.3) is 11.0 Å². The molecule has 196 valence electrons. The maximum atomic E-state index is 14.1. The van der Waals surface area contributed by atoms with Gasteiger partial charge in [-0.1, -0.05) is 61.0 Å². The first-order valence-electron chi connectivity index (χ1n) is 12.7. The highest BCUT2D eigenvalue weighted by atomic mass is 16.7. The van der Waals surface area contributed by atoms with Crippen molar-refractivity contribution in [2.24, 2.45) is 5.92 Å². The number of hydrogen-bond acceptors (Lipinski definition) is 6. The van der Waals surface area contributed by atoms with E-state index in [9.17, 15) is 9.59 Å². The zero-order valence-corrected chi connectivity index (χ0v) is 21.8. The van der Waals surface area contributed by atoms with Gasteiger partial charge in [0.05, 0.1) is 5.52 Å². The molecule has 2 amide bonds. The van der Waals surface area contributed by atoms with Crippen molar-refractivity contribution in [2.45, 2.75) is 39.8 Å². The number of ether oxygens (including phenoxy) is 2. The molecule has 2 heterocycles. The number of aryl methyl sites for hydroxylation is 1. The molecule has 1 N–H and O–H groups in total. The summed E-state index contributed by atoms with van der Waals surface area (Å²) in [6.07, 6.45) is 0.829. The van der Waals surface area contributed by atoms with Gasteiger partial charge in [0, 0.05) is 18.3 Å². The molecule has 0 saturated carbocycles. The van der Waals surface area contributed by atoms with Gasteiger partial charge in [0.25, 0.3) is 0 Å². The first-order chi connectivity index (χ1) is 18.4. The van der Waals surface area contributed by atoms with Crippen LogP contribution in [0.4, 0.5) is 5.69 Å². The molecule has 0 spiro atoms. The van der Waals surface area contributed by atoms with Crippen LogP contribution in [0.15, 0.2) is 66.7 Å². The summed E-state index contributed by atoms with van der Waals surface area (Å²) in [4.78, 5) is 29.4. The molecular weight excluding hydrogens is 482 g/mol. The van der Waals surface area contributed by atoms with Crippen molar-refractivity contribution >= 4 is 28.5 Å². The number of aromatic nitrogens is 3. The summed E-state index contributed by atoms with van der Waals surface area (Å²) in [6.45, 7) is 6.71. The van der Waals surface area contributed by atoms with Gasteiger partial charge in [-0.15, -0.1) is 5.10 Å². The molecule has 0 bridgehead atoms. The average molecular weight is 514 g/mol. The number of carbonyl (C=O) groups is 2. The van der Waals surface area contributed by atoms with E-state index in [0.717, 1.165) is 17.5 Å². The molecule has 1 aromatic heterocycles. The van der Waals surface area contributed by atoms with E-state index in [1.54, 1.807) is 22.9 Å². The van der Waals surface area contributed by atoms with Gasteiger partial charge in [0.1, 0.15) is 18.1 Å². The number of anilines is 1. The van der Waals surface area contributed by atoms with Gasteiger partial charge < -0.3 is 14.8 Å². The summed E-state index contributed by atoms with van der Waals surface area (Å²) in [5.74, 6) is 0.972. The minimum absolute atomic E-state index is 0.101. The fourth-order valence-electron chi connectivity index (χ4n) is 4.46. The van der Waals surface area contributed by atoms with Crippen LogP contribution < -0.4 is 19.7 Å². The summed E-state index contributed by atoms with van der Waals surface area (Å²) < 4.78 is 12.6. The summed E-state index contributed by atoms with van der Waals surface area (Å²) in [6, 6.07) is 19.5. The maximum Gasteiger partial charge on any atom is 0.249 e. The van der Waals surface area contributed by atoms with Gasteiger partial charge in [-0.25, -0.2) is 4.68 Å². The zero-order chi connectivity index (χ0) is 26.6. The molecular formula is C29H31N5O4. The van der Waals surface area contributed by atoms with Crippen molar-refractivity contribution in [3.63, 3.8) is 0 Å². The lowest BCUT2D eigenvalue weighted by Crippen LogP contribution is -2.45. The molecule has 0 saturated heterocycles.